The summed E-state index contributed by atoms with van der Waals surface area (Å²) in [7, 11) is 0. The predicted molar refractivity (Wildman–Crippen MR) is 25.9 cm³/mol. The first kappa shape index (κ1) is 9.94. The maximum absolute atomic E-state index is 11.0. The Balaban J connectivity index is 0. The zero-order valence-electron chi connectivity index (χ0n) is 4.45. The second-order valence-electron chi connectivity index (χ2n) is 1.18. The van der Waals surface area contributed by atoms with E-state index in [0.717, 1.165) is 0 Å². The molecule has 0 spiro atoms. The van der Waals surface area contributed by atoms with Crippen LogP contribution in [0.1, 0.15) is 19.8 Å². The van der Waals surface area contributed by atoms with Crippen LogP contribution in [0, 0.1) is 0 Å². The highest BCUT2D eigenvalue weighted by Crippen LogP contribution is 1.99. The van der Waals surface area contributed by atoms with Gasteiger partial charge in [-0.05, 0) is 0 Å². The molecule has 3 N–H and O–H groups in total. The second-order valence-corrected chi connectivity index (χ2v) is 1.18. The van der Waals surface area contributed by atoms with Crippen LogP contribution in [-0.4, -0.2) is 6.43 Å². The van der Waals surface area contributed by atoms with Crippen molar-refractivity contribution in [2.75, 3.05) is 0 Å². The van der Waals surface area contributed by atoms with E-state index in [2.05, 4.69) is 0 Å². The Kier molecular flexibility index (Phi) is 8.27. The molecule has 0 aliphatic heterocycles. The van der Waals surface area contributed by atoms with Crippen LogP contribution in [0.4, 0.5) is 8.78 Å². The molecule has 1 nitrogen and oxygen atoms in total. The molecule has 0 aliphatic rings. The molecule has 3 heteroatoms. The zero-order chi connectivity index (χ0) is 4.99. The first-order valence-corrected chi connectivity index (χ1v) is 2.05. The molecule has 0 aliphatic carbocycles. The van der Waals surface area contributed by atoms with Crippen LogP contribution >= 0.6 is 0 Å². The quantitative estimate of drug-likeness (QED) is 0.582. The molecule has 0 saturated heterocycles. The SMILES string of the molecule is CCCC(F)F.N. The van der Waals surface area contributed by atoms with Gasteiger partial charge in [0.2, 0.25) is 6.43 Å². The van der Waals surface area contributed by atoms with Gasteiger partial charge in [0.1, 0.15) is 0 Å². The van der Waals surface area contributed by atoms with Gasteiger partial charge >= 0.3 is 0 Å². The van der Waals surface area contributed by atoms with Crippen LogP contribution < -0.4 is 6.15 Å². The summed E-state index contributed by atoms with van der Waals surface area (Å²) >= 11 is 0. The number of hydrogen-bond donors (Lipinski definition) is 1. The highest BCUT2D eigenvalue weighted by atomic mass is 19.3. The minimum Gasteiger partial charge on any atom is -0.344 e. The monoisotopic (exact) mass is 111 g/mol. The first-order valence-electron chi connectivity index (χ1n) is 2.05. The maximum atomic E-state index is 11.0. The van der Waals surface area contributed by atoms with Crippen molar-refractivity contribution in [3.05, 3.63) is 0 Å². The number of alkyl halides is 2. The molecule has 7 heavy (non-hydrogen) atoms. The molecule has 0 aromatic rings. The Morgan fingerprint density at radius 3 is 1.86 bits per heavy atom. The van der Waals surface area contributed by atoms with Crippen molar-refractivity contribution in [1.82, 2.24) is 6.15 Å². The lowest BCUT2D eigenvalue weighted by Crippen LogP contribution is -1.85. The lowest BCUT2D eigenvalue weighted by Gasteiger charge is -1.87. The standard InChI is InChI=1S/C4H8F2.H3N/c1-2-3-4(5)6;/h4H,2-3H2,1H3;1H3. The van der Waals surface area contributed by atoms with Gasteiger partial charge < -0.3 is 6.15 Å². The minimum atomic E-state index is -2.10. The largest absolute Gasteiger partial charge is 0.344 e. The topological polar surface area (TPSA) is 35.0 Å². The molecule has 0 aromatic heterocycles. The van der Waals surface area contributed by atoms with Crippen molar-refractivity contribution >= 4 is 0 Å². The first-order chi connectivity index (χ1) is 2.77. The smallest absolute Gasteiger partial charge is 0.238 e. The summed E-state index contributed by atoms with van der Waals surface area (Å²) in [5, 5.41) is 0. The average Bonchev–Trinajstić information content (AvgIpc) is 1.35. The third kappa shape index (κ3) is 10.7. The third-order valence-electron chi connectivity index (χ3n) is 0.507. The summed E-state index contributed by atoms with van der Waals surface area (Å²) in [4.78, 5) is 0. The van der Waals surface area contributed by atoms with Crippen molar-refractivity contribution in [3.63, 3.8) is 0 Å². The Labute approximate surface area is 42.3 Å². The normalized spacial score (nSPS) is 8.57. The molecule has 0 bridgehead atoms. The molecule has 0 heterocycles. The van der Waals surface area contributed by atoms with Gasteiger partial charge in [0.05, 0.1) is 0 Å². The van der Waals surface area contributed by atoms with E-state index in [1.165, 1.54) is 0 Å². The summed E-state index contributed by atoms with van der Waals surface area (Å²) in [5.74, 6) is 0. The van der Waals surface area contributed by atoms with E-state index >= 15 is 0 Å². The molecular weight excluding hydrogens is 100 g/mol. The van der Waals surface area contributed by atoms with E-state index in [1.54, 1.807) is 6.92 Å². The van der Waals surface area contributed by atoms with Crippen molar-refractivity contribution in [2.24, 2.45) is 0 Å². The van der Waals surface area contributed by atoms with Crippen molar-refractivity contribution < 1.29 is 8.78 Å². The van der Waals surface area contributed by atoms with E-state index in [0.29, 0.717) is 6.42 Å². The van der Waals surface area contributed by atoms with Gasteiger partial charge in [0.15, 0.2) is 0 Å². The summed E-state index contributed by atoms with van der Waals surface area (Å²) in [5.41, 5.74) is 0. The number of rotatable bonds is 2. The van der Waals surface area contributed by atoms with Crippen LogP contribution in [0.3, 0.4) is 0 Å². The summed E-state index contributed by atoms with van der Waals surface area (Å²) in [6.45, 7) is 1.74. The summed E-state index contributed by atoms with van der Waals surface area (Å²) in [6.07, 6.45) is -1.48. The van der Waals surface area contributed by atoms with Crippen LogP contribution in [0.15, 0.2) is 0 Å². The lowest BCUT2D eigenvalue weighted by molar-refractivity contribution is 0.137. The van der Waals surface area contributed by atoms with E-state index in [1.807, 2.05) is 0 Å². The minimum absolute atomic E-state index is 0. The fourth-order valence-electron chi connectivity index (χ4n) is 0.218. The highest BCUT2D eigenvalue weighted by Gasteiger charge is 1.95. The van der Waals surface area contributed by atoms with Crippen molar-refractivity contribution in [2.45, 2.75) is 26.2 Å². The molecule has 0 unspecified atom stereocenters. The molecule has 0 amide bonds. The maximum Gasteiger partial charge on any atom is 0.238 e. The van der Waals surface area contributed by atoms with Crippen LogP contribution in [-0.2, 0) is 0 Å². The third-order valence-corrected chi connectivity index (χ3v) is 0.507. The van der Waals surface area contributed by atoms with Crippen molar-refractivity contribution in [3.8, 4) is 0 Å². The van der Waals surface area contributed by atoms with Crippen LogP contribution in [0.5, 0.6) is 0 Å². The Hall–Kier alpha value is -0.180. The Morgan fingerprint density at radius 1 is 1.43 bits per heavy atom. The van der Waals surface area contributed by atoms with Crippen molar-refractivity contribution in [1.29, 1.82) is 0 Å². The molecule has 0 rings (SSSR count). The van der Waals surface area contributed by atoms with Gasteiger partial charge in [-0.25, -0.2) is 8.78 Å². The predicted octanol–water partition coefficient (Wildman–Crippen LogP) is 2.21. The summed E-state index contributed by atoms with van der Waals surface area (Å²) in [6, 6.07) is 0. The molecule has 46 valence electrons. The van der Waals surface area contributed by atoms with E-state index < -0.39 is 6.43 Å². The van der Waals surface area contributed by atoms with Crippen LogP contribution in [0.2, 0.25) is 0 Å². The van der Waals surface area contributed by atoms with Crippen LogP contribution in [0.25, 0.3) is 0 Å². The Morgan fingerprint density at radius 2 is 1.86 bits per heavy atom. The highest BCUT2D eigenvalue weighted by molar-refractivity contribution is 4.32. The van der Waals surface area contributed by atoms with Gasteiger partial charge in [-0.1, -0.05) is 13.3 Å². The number of halogens is 2. The molecule has 0 atom stereocenters. The fourth-order valence-corrected chi connectivity index (χ4v) is 0.218. The van der Waals surface area contributed by atoms with Gasteiger partial charge in [-0.2, -0.15) is 0 Å². The Bertz CT molecular complexity index is 30.9. The molecule has 0 fully saturated rings. The number of hydrogen-bond acceptors (Lipinski definition) is 1. The average molecular weight is 111 g/mol. The van der Waals surface area contributed by atoms with Gasteiger partial charge in [0, 0.05) is 6.42 Å². The lowest BCUT2D eigenvalue weighted by atomic mass is 10.4. The van der Waals surface area contributed by atoms with Gasteiger partial charge in [-0.3, -0.25) is 0 Å². The summed E-state index contributed by atoms with van der Waals surface area (Å²) < 4.78 is 22.1. The fraction of sp³-hybridized carbons (Fsp3) is 1.00. The molecular formula is C4H11F2N. The van der Waals surface area contributed by atoms with E-state index in [-0.39, 0.29) is 12.6 Å². The van der Waals surface area contributed by atoms with E-state index in [4.69, 9.17) is 0 Å². The molecule has 0 aromatic carbocycles. The van der Waals surface area contributed by atoms with Gasteiger partial charge in [-0.15, -0.1) is 0 Å². The second kappa shape index (κ2) is 5.82. The molecule has 0 saturated carbocycles. The van der Waals surface area contributed by atoms with Gasteiger partial charge in [0.25, 0.3) is 0 Å². The van der Waals surface area contributed by atoms with E-state index in [9.17, 15) is 8.78 Å². The molecule has 0 radical (unpaired) electrons. The zero-order valence-corrected chi connectivity index (χ0v) is 4.45.